The van der Waals surface area contributed by atoms with Crippen molar-refractivity contribution in [1.29, 1.82) is 0 Å². The van der Waals surface area contributed by atoms with Gasteiger partial charge in [-0.1, -0.05) is 29.8 Å². The van der Waals surface area contributed by atoms with Crippen LogP contribution in [0.15, 0.2) is 52.3 Å². The van der Waals surface area contributed by atoms with Crippen molar-refractivity contribution < 1.29 is 4.42 Å². The number of nitrogens with one attached hydrogen (secondary N) is 1. The molecule has 0 unspecified atom stereocenters. The van der Waals surface area contributed by atoms with Crippen LogP contribution in [0, 0.1) is 6.92 Å². The monoisotopic (exact) mass is 317 g/mol. The minimum Gasteiger partial charge on any atom is -0.460 e. The van der Waals surface area contributed by atoms with E-state index in [0.717, 1.165) is 40.8 Å². The van der Waals surface area contributed by atoms with Crippen molar-refractivity contribution >= 4 is 22.9 Å². The molecule has 2 aromatic heterocycles. The molecular formula is C17H16ClNOS. The van der Waals surface area contributed by atoms with Gasteiger partial charge in [0.15, 0.2) is 0 Å². The van der Waals surface area contributed by atoms with Crippen LogP contribution in [0.4, 0.5) is 0 Å². The van der Waals surface area contributed by atoms with E-state index in [0.29, 0.717) is 0 Å². The van der Waals surface area contributed by atoms with E-state index in [1.54, 1.807) is 11.3 Å². The Kier molecular flexibility index (Phi) is 4.44. The van der Waals surface area contributed by atoms with E-state index in [4.69, 9.17) is 16.0 Å². The van der Waals surface area contributed by atoms with Gasteiger partial charge < -0.3 is 9.73 Å². The first kappa shape index (κ1) is 14.4. The number of thiophene rings is 1. The quantitative estimate of drug-likeness (QED) is 0.694. The fraction of sp³-hybridized carbons (Fsp3) is 0.176. The highest BCUT2D eigenvalue weighted by atomic mass is 35.5. The highest BCUT2D eigenvalue weighted by molar-refractivity contribution is 7.09. The van der Waals surface area contributed by atoms with E-state index < -0.39 is 0 Å². The summed E-state index contributed by atoms with van der Waals surface area (Å²) in [6, 6.07) is 14.2. The minimum absolute atomic E-state index is 0.720. The van der Waals surface area contributed by atoms with Crippen molar-refractivity contribution in [3.63, 3.8) is 0 Å². The normalized spacial score (nSPS) is 11.0. The Labute approximate surface area is 133 Å². The molecule has 0 aliphatic rings. The van der Waals surface area contributed by atoms with Crippen LogP contribution >= 0.6 is 22.9 Å². The molecule has 3 rings (SSSR count). The molecule has 0 saturated carbocycles. The molecular weight excluding hydrogens is 302 g/mol. The van der Waals surface area contributed by atoms with Crippen LogP contribution in [0.3, 0.4) is 0 Å². The molecule has 0 amide bonds. The Morgan fingerprint density at radius 2 is 2.05 bits per heavy atom. The van der Waals surface area contributed by atoms with Crippen LogP contribution in [0.2, 0.25) is 5.02 Å². The maximum absolute atomic E-state index is 6.16. The predicted molar refractivity (Wildman–Crippen MR) is 88.8 cm³/mol. The Bertz CT molecular complexity index is 718. The van der Waals surface area contributed by atoms with Crippen LogP contribution in [0.25, 0.3) is 11.3 Å². The first-order valence-electron chi connectivity index (χ1n) is 6.81. The molecule has 108 valence electrons. The maximum Gasteiger partial charge on any atom is 0.134 e. The lowest BCUT2D eigenvalue weighted by Crippen LogP contribution is -2.10. The number of hydrogen-bond acceptors (Lipinski definition) is 3. The van der Waals surface area contributed by atoms with Crippen molar-refractivity contribution in [2.24, 2.45) is 0 Å². The highest BCUT2D eigenvalue weighted by Gasteiger charge is 2.06. The predicted octanol–water partition coefficient (Wildman–Crippen LogP) is 5.26. The molecule has 0 atom stereocenters. The topological polar surface area (TPSA) is 25.2 Å². The fourth-order valence-electron chi connectivity index (χ4n) is 2.10. The number of furan rings is 1. The van der Waals surface area contributed by atoms with E-state index in [1.807, 2.05) is 37.3 Å². The lowest BCUT2D eigenvalue weighted by molar-refractivity contribution is 0.494. The van der Waals surface area contributed by atoms with Gasteiger partial charge in [0.1, 0.15) is 11.5 Å². The SMILES string of the molecule is Cc1ccc(-c2ccc(CNCc3cccs3)o2)cc1Cl. The largest absolute Gasteiger partial charge is 0.460 e. The molecule has 21 heavy (non-hydrogen) atoms. The number of rotatable bonds is 5. The zero-order chi connectivity index (χ0) is 14.7. The molecule has 0 aliphatic carbocycles. The molecule has 0 radical (unpaired) electrons. The molecule has 0 saturated heterocycles. The van der Waals surface area contributed by atoms with Crippen LogP contribution in [0.5, 0.6) is 0 Å². The molecule has 1 aromatic carbocycles. The van der Waals surface area contributed by atoms with Gasteiger partial charge in [-0.3, -0.25) is 0 Å². The average molecular weight is 318 g/mol. The number of benzene rings is 1. The smallest absolute Gasteiger partial charge is 0.134 e. The molecule has 2 heterocycles. The standard InChI is InChI=1S/C17H16ClNOS/c1-12-4-5-13(9-16(12)18)17-7-6-14(20-17)10-19-11-15-3-2-8-21-15/h2-9,19H,10-11H2,1H3. The van der Waals surface area contributed by atoms with E-state index in [2.05, 4.69) is 22.8 Å². The van der Waals surface area contributed by atoms with E-state index in [-0.39, 0.29) is 0 Å². The van der Waals surface area contributed by atoms with E-state index in [9.17, 15) is 0 Å². The summed E-state index contributed by atoms with van der Waals surface area (Å²) in [7, 11) is 0. The Balaban J connectivity index is 1.64. The van der Waals surface area contributed by atoms with Gasteiger partial charge in [0, 0.05) is 22.0 Å². The third-order valence-corrected chi connectivity index (χ3v) is 4.58. The molecule has 0 fully saturated rings. The summed E-state index contributed by atoms with van der Waals surface area (Å²) in [6.07, 6.45) is 0. The van der Waals surface area contributed by atoms with Gasteiger partial charge in [-0.05, 0) is 42.1 Å². The summed E-state index contributed by atoms with van der Waals surface area (Å²) in [4.78, 5) is 1.33. The first-order chi connectivity index (χ1) is 10.2. The third kappa shape index (κ3) is 3.56. The van der Waals surface area contributed by atoms with Crippen molar-refractivity contribution in [2.45, 2.75) is 20.0 Å². The molecule has 0 aliphatic heterocycles. The van der Waals surface area contributed by atoms with Crippen LogP contribution < -0.4 is 5.32 Å². The van der Waals surface area contributed by atoms with Gasteiger partial charge in [-0.2, -0.15) is 0 Å². The Morgan fingerprint density at radius 1 is 1.14 bits per heavy atom. The van der Waals surface area contributed by atoms with Crippen molar-refractivity contribution in [1.82, 2.24) is 5.32 Å². The van der Waals surface area contributed by atoms with Crippen LogP contribution in [0.1, 0.15) is 16.2 Å². The summed E-state index contributed by atoms with van der Waals surface area (Å²) in [5.74, 6) is 1.78. The lowest BCUT2D eigenvalue weighted by Gasteiger charge is -2.02. The van der Waals surface area contributed by atoms with Gasteiger partial charge in [-0.25, -0.2) is 0 Å². The summed E-state index contributed by atoms with van der Waals surface area (Å²) >= 11 is 7.91. The number of aryl methyl sites for hydroxylation is 1. The summed E-state index contributed by atoms with van der Waals surface area (Å²) in [6.45, 7) is 3.58. The molecule has 2 nitrogen and oxygen atoms in total. The van der Waals surface area contributed by atoms with E-state index >= 15 is 0 Å². The number of halogens is 1. The van der Waals surface area contributed by atoms with Crippen LogP contribution in [-0.2, 0) is 13.1 Å². The summed E-state index contributed by atoms with van der Waals surface area (Å²) in [5.41, 5.74) is 2.08. The van der Waals surface area contributed by atoms with Crippen molar-refractivity contribution in [2.75, 3.05) is 0 Å². The van der Waals surface area contributed by atoms with Crippen LogP contribution in [-0.4, -0.2) is 0 Å². The van der Waals surface area contributed by atoms with Gasteiger partial charge in [0.2, 0.25) is 0 Å². The second kappa shape index (κ2) is 6.48. The van der Waals surface area contributed by atoms with Gasteiger partial charge in [-0.15, -0.1) is 11.3 Å². The van der Waals surface area contributed by atoms with Crippen molar-refractivity contribution in [3.8, 4) is 11.3 Å². The average Bonchev–Trinajstić information content (AvgIpc) is 3.13. The first-order valence-corrected chi connectivity index (χ1v) is 8.06. The van der Waals surface area contributed by atoms with Gasteiger partial charge >= 0.3 is 0 Å². The third-order valence-electron chi connectivity index (χ3n) is 3.30. The maximum atomic E-state index is 6.16. The second-order valence-electron chi connectivity index (χ2n) is 4.91. The van der Waals surface area contributed by atoms with Crippen molar-refractivity contribution in [3.05, 3.63) is 69.1 Å². The molecule has 0 bridgehead atoms. The molecule has 1 N–H and O–H groups in total. The summed E-state index contributed by atoms with van der Waals surface area (Å²) in [5, 5.41) is 6.23. The molecule has 3 aromatic rings. The van der Waals surface area contributed by atoms with E-state index in [1.165, 1.54) is 4.88 Å². The number of hydrogen-bond donors (Lipinski definition) is 1. The Hall–Kier alpha value is -1.55. The van der Waals surface area contributed by atoms with Gasteiger partial charge in [0.25, 0.3) is 0 Å². The fourth-order valence-corrected chi connectivity index (χ4v) is 2.95. The zero-order valence-corrected chi connectivity index (χ0v) is 13.3. The highest BCUT2D eigenvalue weighted by Crippen LogP contribution is 2.26. The second-order valence-corrected chi connectivity index (χ2v) is 6.35. The van der Waals surface area contributed by atoms with Gasteiger partial charge in [0.05, 0.1) is 6.54 Å². The Morgan fingerprint density at radius 3 is 2.81 bits per heavy atom. The zero-order valence-electron chi connectivity index (χ0n) is 11.7. The summed E-state index contributed by atoms with van der Waals surface area (Å²) < 4.78 is 5.87. The lowest BCUT2D eigenvalue weighted by atomic mass is 10.1. The molecule has 0 spiro atoms. The minimum atomic E-state index is 0.720. The molecule has 4 heteroatoms.